The molecule has 8 heteroatoms. The van der Waals surface area contributed by atoms with E-state index in [2.05, 4.69) is 15.2 Å². The zero-order valence-corrected chi connectivity index (χ0v) is 11.3. The molecule has 17 heavy (non-hydrogen) atoms. The van der Waals surface area contributed by atoms with Crippen LogP contribution in [0.1, 0.15) is 5.69 Å². The smallest absolute Gasteiger partial charge is 0.179 e. The molecule has 0 fully saturated rings. The van der Waals surface area contributed by atoms with E-state index in [1.165, 1.54) is 11.8 Å². The fourth-order valence-electron chi connectivity index (χ4n) is 1.02. The highest BCUT2D eigenvalue weighted by atomic mass is 32.2. The van der Waals surface area contributed by atoms with Crippen molar-refractivity contribution in [3.63, 3.8) is 0 Å². The van der Waals surface area contributed by atoms with Crippen molar-refractivity contribution in [1.82, 2.24) is 15.2 Å². The fourth-order valence-corrected chi connectivity index (χ4v) is 3.40. The van der Waals surface area contributed by atoms with Gasteiger partial charge in [-0.2, -0.15) is 0 Å². The Morgan fingerprint density at radius 3 is 2.65 bits per heavy atom. The summed E-state index contributed by atoms with van der Waals surface area (Å²) in [5, 5.41) is 15.3. The zero-order chi connectivity index (χ0) is 12.3. The van der Waals surface area contributed by atoms with E-state index in [-0.39, 0.29) is 5.84 Å². The third-order valence-electron chi connectivity index (χ3n) is 1.78. The number of nitrogens with two attached hydrogens (primary N) is 1. The quantitative estimate of drug-likeness (QED) is 0.507. The van der Waals surface area contributed by atoms with Crippen LogP contribution in [0.25, 0.3) is 0 Å². The van der Waals surface area contributed by atoms with Gasteiger partial charge in [0.1, 0.15) is 11.5 Å². The van der Waals surface area contributed by atoms with Crippen LogP contribution in [-0.2, 0) is 0 Å². The third kappa shape index (κ3) is 3.18. The van der Waals surface area contributed by atoms with Crippen LogP contribution in [-0.4, -0.2) is 27.3 Å². The predicted molar refractivity (Wildman–Crippen MR) is 71.1 cm³/mol. The molecule has 0 aliphatic carbocycles. The minimum absolute atomic E-state index is 0.0258. The molecule has 0 aliphatic rings. The van der Waals surface area contributed by atoms with Gasteiger partial charge in [-0.15, -0.1) is 10.2 Å². The Kier molecular flexibility index (Phi) is 3.97. The van der Waals surface area contributed by atoms with Gasteiger partial charge < -0.3 is 5.73 Å². The summed E-state index contributed by atoms with van der Waals surface area (Å²) in [5.74, 6) is -0.0258. The first-order valence-electron chi connectivity index (χ1n) is 4.55. The molecule has 2 rings (SSSR count). The second-order valence-corrected chi connectivity index (χ2v) is 6.28. The lowest BCUT2D eigenvalue weighted by Gasteiger charge is -1.99. The van der Waals surface area contributed by atoms with Gasteiger partial charge >= 0.3 is 0 Å². The number of aromatic nitrogens is 3. The van der Waals surface area contributed by atoms with Crippen molar-refractivity contribution in [1.29, 1.82) is 5.41 Å². The lowest BCUT2D eigenvalue weighted by molar-refractivity contribution is 0.955. The molecule has 2 aromatic rings. The maximum atomic E-state index is 7.24. The molecule has 3 N–H and O–H groups in total. The highest BCUT2D eigenvalue weighted by Crippen LogP contribution is 2.32. The average molecular weight is 283 g/mol. The van der Waals surface area contributed by atoms with Gasteiger partial charge in [0, 0.05) is 11.1 Å². The normalized spacial score (nSPS) is 10.4. The van der Waals surface area contributed by atoms with Crippen molar-refractivity contribution in [3.8, 4) is 0 Å². The number of nitrogen functional groups attached to an aromatic ring is 1. The SMILES string of the molecule is CSc1nnc(Sc2ccc(C(=N)N)nc2)s1. The average Bonchev–Trinajstić information content (AvgIpc) is 2.77. The molecule has 0 radical (unpaired) electrons. The molecule has 0 aliphatic heterocycles. The van der Waals surface area contributed by atoms with Crippen molar-refractivity contribution in [2.75, 3.05) is 6.26 Å². The third-order valence-corrected chi connectivity index (χ3v) is 4.71. The predicted octanol–water partition coefficient (Wildman–Crippen LogP) is 2.09. The topological polar surface area (TPSA) is 88.5 Å². The first kappa shape index (κ1) is 12.3. The van der Waals surface area contributed by atoms with Crippen LogP contribution in [0.5, 0.6) is 0 Å². The number of rotatable bonds is 4. The molecule has 2 aromatic heterocycles. The zero-order valence-electron chi connectivity index (χ0n) is 8.88. The molecular weight excluding hydrogens is 274 g/mol. The minimum Gasteiger partial charge on any atom is -0.382 e. The highest BCUT2D eigenvalue weighted by molar-refractivity contribution is 8.03. The van der Waals surface area contributed by atoms with Gasteiger partial charge in [-0.3, -0.25) is 10.4 Å². The summed E-state index contributed by atoms with van der Waals surface area (Å²) in [6.45, 7) is 0. The molecule has 0 bridgehead atoms. The molecule has 0 amide bonds. The summed E-state index contributed by atoms with van der Waals surface area (Å²) in [7, 11) is 0. The van der Waals surface area contributed by atoms with E-state index < -0.39 is 0 Å². The Morgan fingerprint density at radius 1 is 1.35 bits per heavy atom. The molecule has 0 aromatic carbocycles. The molecule has 88 valence electrons. The van der Waals surface area contributed by atoms with Crippen molar-refractivity contribution in [3.05, 3.63) is 24.0 Å². The molecule has 0 saturated carbocycles. The summed E-state index contributed by atoms with van der Waals surface area (Å²) < 4.78 is 1.83. The largest absolute Gasteiger partial charge is 0.382 e. The van der Waals surface area contributed by atoms with Gasteiger partial charge in [0.2, 0.25) is 0 Å². The van der Waals surface area contributed by atoms with E-state index in [1.54, 1.807) is 35.4 Å². The Balaban J connectivity index is 2.10. The number of nitrogens with one attached hydrogen (secondary N) is 1. The van der Waals surface area contributed by atoms with E-state index in [4.69, 9.17) is 11.1 Å². The van der Waals surface area contributed by atoms with Crippen LogP contribution in [0.4, 0.5) is 0 Å². The second kappa shape index (κ2) is 5.48. The lowest BCUT2D eigenvalue weighted by Crippen LogP contribution is -2.12. The highest BCUT2D eigenvalue weighted by Gasteiger charge is 2.06. The van der Waals surface area contributed by atoms with Crippen LogP contribution in [0.15, 0.2) is 31.9 Å². The Labute approximate surface area is 111 Å². The Bertz CT molecular complexity index is 522. The summed E-state index contributed by atoms with van der Waals surface area (Å²) in [6, 6.07) is 3.59. The number of hydrogen-bond acceptors (Lipinski definition) is 7. The Morgan fingerprint density at radius 2 is 2.12 bits per heavy atom. The summed E-state index contributed by atoms with van der Waals surface area (Å²) >= 11 is 4.63. The van der Waals surface area contributed by atoms with Crippen LogP contribution >= 0.6 is 34.9 Å². The standard InChI is InChI=1S/C9H9N5S3/c1-15-8-13-14-9(17-8)16-5-2-3-6(7(10)11)12-4-5/h2-4H,1H3,(H3,10,11). The molecule has 2 heterocycles. The van der Waals surface area contributed by atoms with Crippen molar-refractivity contribution < 1.29 is 0 Å². The van der Waals surface area contributed by atoms with E-state index in [1.807, 2.05) is 12.3 Å². The summed E-state index contributed by atoms with van der Waals surface area (Å²) in [5.41, 5.74) is 5.81. The number of nitrogens with zero attached hydrogens (tertiary/aromatic N) is 3. The number of hydrogen-bond donors (Lipinski definition) is 2. The second-order valence-electron chi connectivity index (χ2n) is 2.93. The number of pyridine rings is 1. The summed E-state index contributed by atoms with van der Waals surface area (Å²) in [6.07, 6.45) is 3.65. The van der Waals surface area contributed by atoms with Crippen molar-refractivity contribution >= 4 is 40.7 Å². The molecule has 5 nitrogen and oxygen atoms in total. The first-order valence-corrected chi connectivity index (χ1v) is 7.40. The van der Waals surface area contributed by atoms with Crippen molar-refractivity contribution in [2.24, 2.45) is 5.73 Å². The van der Waals surface area contributed by atoms with Crippen molar-refractivity contribution in [2.45, 2.75) is 13.6 Å². The van der Waals surface area contributed by atoms with Crippen LogP contribution in [0.3, 0.4) is 0 Å². The Hall–Kier alpha value is -1.12. The van der Waals surface area contributed by atoms with Gasteiger partial charge in [0.05, 0.1) is 0 Å². The van der Waals surface area contributed by atoms with Gasteiger partial charge in [0.25, 0.3) is 0 Å². The number of amidine groups is 1. The van der Waals surface area contributed by atoms with Gasteiger partial charge in [-0.05, 0) is 18.4 Å². The van der Waals surface area contributed by atoms with Gasteiger partial charge in [-0.1, -0.05) is 34.9 Å². The minimum atomic E-state index is -0.0258. The van der Waals surface area contributed by atoms with E-state index >= 15 is 0 Å². The monoisotopic (exact) mass is 283 g/mol. The maximum Gasteiger partial charge on any atom is 0.179 e. The van der Waals surface area contributed by atoms with Gasteiger partial charge in [0.15, 0.2) is 8.68 Å². The van der Waals surface area contributed by atoms with Crippen LogP contribution in [0, 0.1) is 5.41 Å². The molecule has 0 atom stereocenters. The van der Waals surface area contributed by atoms with Crippen LogP contribution < -0.4 is 5.73 Å². The molecule has 0 saturated heterocycles. The lowest BCUT2D eigenvalue weighted by atomic mass is 10.3. The van der Waals surface area contributed by atoms with E-state index in [0.29, 0.717) is 5.69 Å². The number of thioether (sulfide) groups is 1. The van der Waals surface area contributed by atoms with Gasteiger partial charge in [-0.25, -0.2) is 0 Å². The molecular formula is C9H9N5S3. The van der Waals surface area contributed by atoms with E-state index in [9.17, 15) is 0 Å². The first-order chi connectivity index (χ1) is 8.19. The summed E-state index contributed by atoms with van der Waals surface area (Å²) in [4.78, 5) is 5.04. The fraction of sp³-hybridized carbons (Fsp3) is 0.111. The van der Waals surface area contributed by atoms with Crippen LogP contribution in [0.2, 0.25) is 0 Å². The maximum absolute atomic E-state index is 7.24. The molecule has 0 unspecified atom stereocenters. The molecule has 0 spiro atoms. The van der Waals surface area contributed by atoms with E-state index in [0.717, 1.165) is 13.6 Å².